The van der Waals surface area contributed by atoms with Crippen molar-refractivity contribution >= 4 is 38.3 Å². The van der Waals surface area contributed by atoms with E-state index in [2.05, 4.69) is 19.9 Å². The normalized spacial score (nSPS) is 14.5. The highest BCUT2D eigenvalue weighted by molar-refractivity contribution is 7.23. The highest BCUT2D eigenvalue weighted by Gasteiger charge is 2.31. The van der Waals surface area contributed by atoms with E-state index in [1.54, 1.807) is 0 Å². The van der Waals surface area contributed by atoms with E-state index in [4.69, 9.17) is 9.47 Å². The molecule has 31 heavy (non-hydrogen) atoms. The highest BCUT2D eigenvalue weighted by atomic mass is 32.1. The number of carbonyl (C=O) groups excluding carboxylic acids is 1. The molecule has 0 bridgehead atoms. The number of ether oxygens (including phenoxy) is 3. The van der Waals surface area contributed by atoms with Crippen molar-refractivity contribution in [3.63, 3.8) is 0 Å². The van der Waals surface area contributed by atoms with Gasteiger partial charge in [0.1, 0.15) is 17.0 Å². The number of aromatic nitrogens is 1. The minimum atomic E-state index is -4.84. The summed E-state index contributed by atoms with van der Waals surface area (Å²) in [4.78, 5) is 19.3. The maximum Gasteiger partial charge on any atom is 0.573 e. The van der Waals surface area contributed by atoms with E-state index in [0.29, 0.717) is 29.6 Å². The molecular formula is C20H18F3N3O4S. The van der Waals surface area contributed by atoms with Crippen LogP contribution in [0.3, 0.4) is 0 Å². The van der Waals surface area contributed by atoms with Crippen LogP contribution >= 0.6 is 11.3 Å². The van der Waals surface area contributed by atoms with Gasteiger partial charge in [-0.15, -0.1) is 13.2 Å². The third-order valence-corrected chi connectivity index (χ3v) is 5.60. The molecule has 1 aromatic heterocycles. The monoisotopic (exact) mass is 453 g/mol. The molecule has 4 rings (SSSR count). The lowest BCUT2D eigenvalue weighted by atomic mass is 10.2. The minimum absolute atomic E-state index is 0.0152. The fourth-order valence-corrected chi connectivity index (χ4v) is 4.26. The second-order valence-corrected chi connectivity index (χ2v) is 7.61. The van der Waals surface area contributed by atoms with Gasteiger partial charge in [-0.1, -0.05) is 17.4 Å². The quantitative estimate of drug-likeness (QED) is 0.621. The summed E-state index contributed by atoms with van der Waals surface area (Å²) < 4.78 is 52.9. The van der Waals surface area contributed by atoms with Crippen molar-refractivity contribution in [1.82, 2.24) is 4.98 Å². The van der Waals surface area contributed by atoms with Gasteiger partial charge in [-0.2, -0.15) is 0 Å². The number of thiazole rings is 1. The Balaban J connectivity index is 1.61. The lowest BCUT2D eigenvalue weighted by Crippen LogP contribution is -2.36. The largest absolute Gasteiger partial charge is 0.573 e. The number of anilines is 2. The fraction of sp³-hybridized carbons (Fsp3) is 0.300. The third kappa shape index (κ3) is 4.83. The van der Waals surface area contributed by atoms with Crippen molar-refractivity contribution < 1.29 is 32.2 Å². The summed E-state index contributed by atoms with van der Waals surface area (Å²) in [7, 11) is 1.53. The molecule has 164 valence electrons. The van der Waals surface area contributed by atoms with Gasteiger partial charge in [0, 0.05) is 18.7 Å². The Morgan fingerprint density at radius 3 is 2.71 bits per heavy atom. The van der Waals surface area contributed by atoms with Gasteiger partial charge in [-0.25, -0.2) is 4.98 Å². The standard InChI is InChI=1S/C20H18F3N3O4S/c1-28-15-6-5-14(26-7-9-29-10-8-26)17-16(15)24-19(31-17)25-18(27)12-3-2-4-13(11-12)30-20(21,22)23/h2-6,11H,7-10H2,1H3,(H,24,25,27). The molecule has 1 amide bonds. The molecule has 3 aromatic rings. The van der Waals surface area contributed by atoms with Crippen LogP contribution in [0.4, 0.5) is 24.0 Å². The third-order valence-electron chi connectivity index (χ3n) is 4.61. The summed E-state index contributed by atoms with van der Waals surface area (Å²) in [5, 5.41) is 2.96. The number of hydrogen-bond acceptors (Lipinski definition) is 7. The summed E-state index contributed by atoms with van der Waals surface area (Å²) in [6, 6.07) is 8.61. The van der Waals surface area contributed by atoms with Crippen LogP contribution in [0.25, 0.3) is 10.2 Å². The average Bonchev–Trinajstić information content (AvgIpc) is 3.16. The number of morpholine rings is 1. The molecule has 1 aliphatic rings. The number of benzene rings is 2. The van der Waals surface area contributed by atoms with Gasteiger partial charge in [0.25, 0.3) is 5.91 Å². The van der Waals surface area contributed by atoms with Crippen molar-refractivity contribution in [2.45, 2.75) is 6.36 Å². The SMILES string of the molecule is COc1ccc(N2CCOCC2)c2sc(NC(=O)c3cccc(OC(F)(F)F)c3)nc12. The number of fused-ring (bicyclic) bond motifs is 1. The van der Waals surface area contributed by atoms with Gasteiger partial charge in [-0.05, 0) is 30.3 Å². The van der Waals surface area contributed by atoms with Crippen LogP contribution in [0, 0.1) is 0 Å². The first-order chi connectivity index (χ1) is 14.8. The van der Waals surface area contributed by atoms with Crippen molar-refractivity contribution in [3.8, 4) is 11.5 Å². The van der Waals surface area contributed by atoms with Crippen LogP contribution in [-0.2, 0) is 4.74 Å². The van der Waals surface area contributed by atoms with Crippen LogP contribution in [0.15, 0.2) is 36.4 Å². The summed E-state index contributed by atoms with van der Waals surface area (Å²) >= 11 is 1.27. The van der Waals surface area contributed by atoms with E-state index in [-0.39, 0.29) is 5.56 Å². The summed E-state index contributed by atoms with van der Waals surface area (Å²) in [5.41, 5.74) is 1.57. The molecule has 1 fully saturated rings. The Morgan fingerprint density at radius 1 is 1.23 bits per heavy atom. The van der Waals surface area contributed by atoms with E-state index in [1.165, 1.54) is 30.6 Å². The van der Waals surface area contributed by atoms with E-state index < -0.39 is 18.0 Å². The van der Waals surface area contributed by atoms with Crippen molar-refractivity contribution in [3.05, 3.63) is 42.0 Å². The number of nitrogens with zero attached hydrogens (tertiary/aromatic N) is 2. The Bertz CT molecular complexity index is 1100. The fourth-order valence-electron chi connectivity index (χ4n) is 3.25. The van der Waals surface area contributed by atoms with Gasteiger partial charge in [0.15, 0.2) is 5.13 Å². The van der Waals surface area contributed by atoms with Crippen molar-refractivity contribution in [2.75, 3.05) is 43.6 Å². The van der Waals surface area contributed by atoms with E-state index in [1.807, 2.05) is 12.1 Å². The van der Waals surface area contributed by atoms with Gasteiger partial charge < -0.3 is 19.1 Å². The number of carbonyl (C=O) groups is 1. The maximum atomic E-state index is 12.6. The van der Waals surface area contributed by atoms with Crippen LogP contribution in [0.2, 0.25) is 0 Å². The Morgan fingerprint density at radius 2 is 2.00 bits per heavy atom. The lowest BCUT2D eigenvalue weighted by molar-refractivity contribution is -0.274. The number of halogens is 3. The van der Waals surface area contributed by atoms with Crippen LogP contribution in [-0.4, -0.2) is 50.7 Å². The first-order valence-electron chi connectivity index (χ1n) is 9.31. The molecule has 1 aliphatic heterocycles. The minimum Gasteiger partial charge on any atom is -0.494 e. The highest BCUT2D eigenvalue weighted by Crippen LogP contribution is 2.39. The van der Waals surface area contributed by atoms with Crippen molar-refractivity contribution in [2.24, 2.45) is 0 Å². The number of alkyl halides is 3. The molecule has 0 atom stereocenters. The first kappa shape index (κ1) is 21.2. The second kappa shape index (κ2) is 8.60. The number of rotatable bonds is 5. The topological polar surface area (TPSA) is 72.9 Å². The molecule has 0 unspecified atom stereocenters. The molecule has 0 spiro atoms. The zero-order chi connectivity index (χ0) is 22.0. The smallest absolute Gasteiger partial charge is 0.494 e. The molecule has 2 aromatic carbocycles. The number of nitrogens with one attached hydrogen (secondary N) is 1. The lowest BCUT2D eigenvalue weighted by Gasteiger charge is -2.29. The summed E-state index contributed by atoms with van der Waals surface area (Å²) in [6.45, 7) is 2.69. The number of hydrogen-bond donors (Lipinski definition) is 1. The number of methoxy groups -OCH3 is 1. The molecule has 0 radical (unpaired) electrons. The maximum absolute atomic E-state index is 12.6. The Labute approximate surface area is 179 Å². The van der Waals surface area contributed by atoms with Gasteiger partial charge in [-0.3, -0.25) is 10.1 Å². The molecule has 2 heterocycles. The predicted molar refractivity (Wildman–Crippen MR) is 110 cm³/mol. The summed E-state index contributed by atoms with van der Waals surface area (Å²) in [6.07, 6.45) is -4.84. The van der Waals surface area contributed by atoms with E-state index in [9.17, 15) is 18.0 Å². The van der Waals surface area contributed by atoms with Crippen LogP contribution in [0.1, 0.15) is 10.4 Å². The van der Waals surface area contributed by atoms with Gasteiger partial charge in [0.05, 0.1) is 30.7 Å². The zero-order valence-corrected chi connectivity index (χ0v) is 17.2. The Hall–Kier alpha value is -3.05. The van der Waals surface area contributed by atoms with Crippen LogP contribution in [0.5, 0.6) is 11.5 Å². The van der Waals surface area contributed by atoms with Gasteiger partial charge in [0.2, 0.25) is 0 Å². The summed E-state index contributed by atoms with van der Waals surface area (Å²) in [5.74, 6) is -0.511. The van der Waals surface area contributed by atoms with Crippen LogP contribution < -0.4 is 19.7 Å². The van der Waals surface area contributed by atoms with E-state index >= 15 is 0 Å². The predicted octanol–water partition coefficient (Wildman–Crippen LogP) is 4.29. The zero-order valence-electron chi connectivity index (χ0n) is 16.4. The van der Waals surface area contributed by atoms with Crippen molar-refractivity contribution in [1.29, 1.82) is 0 Å². The first-order valence-corrected chi connectivity index (χ1v) is 10.1. The number of amides is 1. The van der Waals surface area contributed by atoms with Gasteiger partial charge >= 0.3 is 6.36 Å². The molecule has 7 nitrogen and oxygen atoms in total. The molecule has 1 N–H and O–H groups in total. The second-order valence-electron chi connectivity index (χ2n) is 6.61. The molecular weight excluding hydrogens is 435 g/mol. The van der Waals surface area contributed by atoms with E-state index in [0.717, 1.165) is 35.6 Å². The molecule has 0 saturated carbocycles. The molecule has 11 heteroatoms. The molecule has 0 aliphatic carbocycles. The average molecular weight is 453 g/mol. The molecule has 1 saturated heterocycles. The Kier molecular flexibility index (Phi) is 5.88.